The van der Waals surface area contributed by atoms with Crippen molar-refractivity contribution in [2.24, 2.45) is 5.41 Å². The zero-order chi connectivity index (χ0) is 22.1. The first-order chi connectivity index (χ1) is 12.4. The van der Waals surface area contributed by atoms with Crippen LogP contribution in [-0.4, -0.2) is 56.7 Å². The van der Waals surface area contributed by atoms with Gasteiger partial charge in [-0.2, -0.15) is 4.31 Å². The number of hydrogen-bond donors (Lipinski definition) is 1. The van der Waals surface area contributed by atoms with Gasteiger partial charge < -0.3 is 9.84 Å². The molecular formula is C17H25NO8S2. The third-order valence-electron chi connectivity index (χ3n) is 3.54. The fourth-order valence-corrected chi connectivity index (χ4v) is 4.23. The molecule has 0 saturated heterocycles. The van der Waals surface area contributed by atoms with Crippen molar-refractivity contribution in [3.8, 4) is 0 Å². The minimum absolute atomic E-state index is 0.254. The summed E-state index contributed by atoms with van der Waals surface area (Å²) >= 11 is 0. The highest BCUT2D eigenvalue weighted by Gasteiger charge is 2.40. The van der Waals surface area contributed by atoms with Gasteiger partial charge in [-0.25, -0.2) is 21.6 Å². The van der Waals surface area contributed by atoms with Crippen LogP contribution in [0.1, 0.15) is 34.6 Å². The van der Waals surface area contributed by atoms with Crippen LogP contribution in [0, 0.1) is 5.41 Å². The molecule has 1 amide bonds. The zero-order valence-corrected chi connectivity index (χ0v) is 18.2. The number of amides is 1. The molecule has 0 fully saturated rings. The SMILES string of the molecule is CC(C)(C)OC(=O)N(CC(C)(C)C(=O)O)S(=O)(=O)c1cccc(S(C)(=O)=O)c1. The van der Waals surface area contributed by atoms with Crippen molar-refractivity contribution in [2.75, 3.05) is 12.8 Å². The summed E-state index contributed by atoms with van der Waals surface area (Å²) in [5, 5.41) is 9.34. The van der Waals surface area contributed by atoms with Gasteiger partial charge >= 0.3 is 12.1 Å². The van der Waals surface area contributed by atoms with E-state index in [1.807, 2.05) is 0 Å². The van der Waals surface area contributed by atoms with Crippen molar-refractivity contribution in [1.29, 1.82) is 0 Å². The minimum atomic E-state index is -4.59. The molecule has 0 aliphatic rings. The van der Waals surface area contributed by atoms with Gasteiger partial charge in [0.25, 0.3) is 10.0 Å². The lowest BCUT2D eigenvalue weighted by atomic mass is 9.94. The van der Waals surface area contributed by atoms with Gasteiger partial charge in [0.05, 0.1) is 21.8 Å². The molecule has 11 heteroatoms. The Kier molecular flexibility index (Phi) is 6.58. The number of carboxylic acid groups (broad SMARTS) is 1. The van der Waals surface area contributed by atoms with Gasteiger partial charge in [-0.15, -0.1) is 0 Å². The van der Waals surface area contributed by atoms with Crippen molar-refractivity contribution in [1.82, 2.24) is 4.31 Å². The van der Waals surface area contributed by atoms with E-state index in [1.165, 1.54) is 46.8 Å². The Morgan fingerprint density at radius 1 is 1.04 bits per heavy atom. The summed E-state index contributed by atoms with van der Waals surface area (Å²) in [6.45, 7) is 6.40. The molecule has 0 atom stereocenters. The number of nitrogens with zero attached hydrogens (tertiary/aromatic N) is 1. The molecule has 1 aromatic carbocycles. The standard InChI is InChI=1S/C17H25NO8S2/c1-16(2,3)26-15(21)18(11-17(4,5)14(19)20)28(24,25)13-9-7-8-12(10-13)27(6,22)23/h7-10H,11H2,1-6H3,(H,19,20). The maximum Gasteiger partial charge on any atom is 0.424 e. The quantitative estimate of drug-likeness (QED) is 0.718. The van der Waals surface area contributed by atoms with E-state index in [1.54, 1.807) is 0 Å². The number of hydrogen-bond acceptors (Lipinski definition) is 7. The molecule has 28 heavy (non-hydrogen) atoms. The Morgan fingerprint density at radius 3 is 1.96 bits per heavy atom. The molecule has 0 unspecified atom stereocenters. The maximum absolute atomic E-state index is 13.1. The van der Waals surface area contributed by atoms with Crippen molar-refractivity contribution >= 4 is 31.9 Å². The number of sulfone groups is 1. The van der Waals surface area contributed by atoms with Crippen molar-refractivity contribution in [3.05, 3.63) is 24.3 Å². The molecule has 0 saturated carbocycles. The summed E-state index contributed by atoms with van der Waals surface area (Å²) in [5.41, 5.74) is -2.65. The molecule has 0 aliphatic heterocycles. The number of carbonyl (C=O) groups is 2. The smallest absolute Gasteiger partial charge is 0.424 e. The topological polar surface area (TPSA) is 135 Å². The monoisotopic (exact) mass is 435 g/mol. The van der Waals surface area contributed by atoms with Crippen LogP contribution in [0.15, 0.2) is 34.1 Å². The molecule has 1 N–H and O–H groups in total. The number of carbonyl (C=O) groups excluding carboxylic acids is 1. The van der Waals surface area contributed by atoms with Gasteiger partial charge in [-0.1, -0.05) is 6.07 Å². The average molecular weight is 436 g/mol. The summed E-state index contributed by atoms with van der Waals surface area (Å²) in [7, 11) is -8.29. The third kappa shape index (κ3) is 5.93. The van der Waals surface area contributed by atoms with Gasteiger partial charge in [-0.3, -0.25) is 4.79 Å². The van der Waals surface area contributed by atoms with E-state index in [4.69, 9.17) is 4.74 Å². The van der Waals surface area contributed by atoms with Gasteiger partial charge in [0.15, 0.2) is 9.84 Å². The van der Waals surface area contributed by atoms with Crippen LogP contribution < -0.4 is 0 Å². The predicted octanol–water partition coefficient (Wildman–Crippen LogP) is 2.13. The number of benzene rings is 1. The summed E-state index contributed by atoms with van der Waals surface area (Å²) in [6.07, 6.45) is -0.343. The molecule has 0 radical (unpaired) electrons. The molecular weight excluding hydrogens is 410 g/mol. The van der Waals surface area contributed by atoms with Crippen LogP contribution in [-0.2, 0) is 29.4 Å². The summed E-state index contributed by atoms with van der Waals surface area (Å²) in [4.78, 5) is 23.3. The van der Waals surface area contributed by atoms with E-state index >= 15 is 0 Å². The molecule has 158 valence electrons. The Balaban J connectivity index is 3.55. The van der Waals surface area contributed by atoms with Gasteiger partial charge in [0.1, 0.15) is 5.60 Å². The van der Waals surface area contributed by atoms with Gasteiger partial charge in [0.2, 0.25) is 0 Å². The third-order valence-corrected chi connectivity index (χ3v) is 6.35. The summed E-state index contributed by atoms with van der Waals surface area (Å²) in [6, 6.07) is 4.47. The van der Waals surface area contributed by atoms with Crippen LogP contribution in [0.25, 0.3) is 0 Å². The lowest BCUT2D eigenvalue weighted by Crippen LogP contribution is -2.47. The molecule has 0 aromatic heterocycles. The van der Waals surface area contributed by atoms with Crippen molar-refractivity contribution < 1.29 is 36.3 Å². The molecule has 0 spiro atoms. The largest absolute Gasteiger partial charge is 0.481 e. The van der Waals surface area contributed by atoms with Crippen LogP contribution >= 0.6 is 0 Å². The van der Waals surface area contributed by atoms with Gasteiger partial charge in [-0.05, 0) is 52.8 Å². The molecule has 0 heterocycles. The van der Waals surface area contributed by atoms with E-state index in [9.17, 15) is 31.5 Å². The molecule has 0 bridgehead atoms. The number of ether oxygens (including phenoxy) is 1. The number of sulfonamides is 1. The zero-order valence-electron chi connectivity index (χ0n) is 16.6. The van der Waals surface area contributed by atoms with Crippen LogP contribution in [0.2, 0.25) is 0 Å². The summed E-state index contributed by atoms with van der Waals surface area (Å²) < 4.78 is 55.1. The van der Waals surface area contributed by atoms with E-state index in [0.29, 0.717) is 4.31 Å². The Bertz CT molecular complexity index is 973. The van der Waals surface area contributed by atoms with E-state index < -0.39 is 54.4 Å². The van der Waals surface area contributed by atoms with Crippen LogP contribution in [0.4, 0.5) is 4.79 Å². The van der Waals surface area contributed by atoms with Crippen molar-refractivity contribution in [2.45, 2.75) is 50.0 Å². The fraction of sp³-hybridized carbons (Fsp3) is 0.529. The summed E-state index contributed by atoms with van der Waals surface area (Å²) in [5.74, 6) is -1.32. The molecule has 9 nitrogen and oxygen atoms in total. The first-order valence-electron chi connectivity index (χ1n) is 8.17. The minimum Gasteiger partial charge on any atom is -0.481 e. The van der Waals surface area contributed by atoms with Gasteiger partial charge in [0, 0.05) is 6.26 Å². The lowest BCUT2D eigenvalue weighted by Gasteiger charge is -2.31. The highest BCUT2D eigenvalue weighted by atomic mass is 32.2. The van der Waals surface area contributed by atoms with Crippen molar-refractivity contribution in [3.63, 3.8) is 0 Å². The highest BCUT2D eigenvalue weighted by molar-refractivity contribution is 7.91. The maximum atomic E-state index is 13.1. The van der Waals surface area contributed by atoms with E-state index in [-0.39, 0.29) is 4.90 Å². The Morgan fingerprint density at radius 2 is 1.54 bits per heavy atom. The van der Waals surface area contributed by atoms with Crippen LogP contribution in [0.5, 0.6) is 0 Å². The Labute approximate surface area is 165 Å². The number of carboxylic acids is 1. The average Bonchev–Trinajstić information content (AvgIpc) is 2.50. The number of aliphatic carboxylic acids is 1. The number of rotatable bonds is 6. The second kappa shape index (κ2) is 7.70. The van der Waals surface area contributed by atoms with E-state index in [2.05, 4.69) is 0 Å². The van der Waals surface area contributed by atoms with E-state index in [0.717, 1.165) is 18.4 Å². The second-order valence-corrected chi connectivity index (χ2v) is 11.8. The molecule has 1 rings (SSSR count). The highest BCUT2D eigenvalue weighted by Crippen LogP contribution is 2.26. The lowest BCUT2D eigenvalue weighted by molar-refractivity contribution is -0.147. The molecule has 1 aromatic rings. The predicted molar refractivity (Wildman–Crippen MR) is 101 cm³/mol. The fourth-order valence-electron chi connectivity index (χ4n) is 1.98. The van der Waals surface area contributed by atoms with Crippen LogP contribution in [0.3, 0.4) is 0 Å². The first-order valence-corrected chi connectivity index (χ1v) is 11.5. The normalized spacial score (nSPS) is 13.1. The first kappa shape index (κ1) is 23.9. The Hall–Kier alpha value is -2.14. The molecule has 0 aliphatic carbocycles. The second-order valence-electron chi connectivity index (χ2n) is 7.93.